The van der Waals surface area contributed by atoms with Gasteiger partial charge in [0.25, 0.3) is 0 Å². The predicted octanol–water partition coefficient (Wildman–Crippen LogP) is 1.59. The first-order valence-electron chi connectivity index (χ1n) is 5.60. The van der Waals surface area contributed by atoms with Crippen LogP contribution in [0.15, 0.2) is 24.4 Å². The fourth-order valence-corrected chi connectivity index (χ4v) is 2.57. The molecular formula is C12H13N3OS. The molecule has 17 heavy (non-hydrogen) atoms. The lowest BCUT2D eigenvalue weighted by Crippen LogP contribution is -2.24. The van der Waals surface area contributed by atoms with Gasteiger partial charge in [-0.1, -0.05) is 6.07 Å². The Hall–Kier alpha value is -1.49. The molecule has 3 rings (SSSR count). The summed E-state index contributed by atoms with van der Waals surface area (Å²) in [6.07, 6.45) is 2.35. The second-order valence-corrected chi connectivity index (χ2v) is 5.15. The van der Waals surface area contributed by atoms with Crippen LogP contribution in [0.1, 0.15) is 12.0 Å². The molecule has 0 bridgehead atoms. The highest BCUT2D eigenvalue weighted by Gasteiger charge is 2.26. The van der Waals surface area contributed by atoms with Gasteiger partial charge in [-0.15, -0.1) is 0 Å². The largest absolute Gasteiger partial charge is 0.337 e. The number of nitrogens with one attached hydrogen (secondary N) is 1. The van der Waals surface area contributed by atoms with E-state index < -0.39 is 0 Å². The molecule has 0 saturated carbocycles. The number of H-pyrrole nitrogens is 1. The van der Waals surface area contributed by atoms with Crippen molar-refractivity contribution in [3.05, 3.63) is 30.0 Å². The average molecular weight is 247 g/mol. The highest BCUT2D eigenvalue weighted by Crippen LogP contribution is 2.20. The van der Waals surface area contributed by atoms with Crippen LogP contribution in [0.5, 0.6) is 0 Å². The molecule has 1 fully saturated rings. The first kappa shape index (κ1) is 10.7. The number of thiol groups is 1. The Balaban J connectivity index is 1.82. The van der Waals surface area contributed by atoms with Crippen molar-refractivity contribution in [1.29, 1.82) is 0 Å². The van der Waals surface area contributed by atoms with Crippen LogP contribution >= 0.6 is 12.6 Å². The molecule has 1 unspecified atom stereocenters. The minimum absolute atomic E-state index is 0.181. The van der Waals surface area contributed by atoms with Crippen LogP contribution in [0.4, 0.5) is 0 Å². The van der Waals surface area contributed by atoms with Gasteiger partial charge in [0, 0.05) is 30.1 Å². The van der Waals surface area contributed by atoms with E-state index in [4.69, 9.17) is 0 Å². The van der Waals surface area contributed by atoms with Gasteiger partial charge in [0.1, 0.15) is 0 Å². The zero-order valence-electron chi connectivity index (χ0n) is 9.26. The number of likely N-dealkylation sites (tertiary alicyclic amines) is 1. The number of carbonyl (C=O) groups excluding carboxylic acids is 1. The lowest BCUT2D eigenvalue weighted by Gasteiger charge is -2.15. The summed E-state index contributed by atoms with van der Waals surface area (Å²) in [4.78, 5) is 13.5. The Labute approximate surface area is 104 Å². The Kier molecular flexibility index (Phi) is 2.55. The van der Waals surface area contributed by atoms with Crippen molar-refractivity contribution in [3.63, 3.8) is 0 Å². The van der Waals surface area contributed by atoms with Gasteiger partial charge in [0.05, 0.1) is 11.7 Å². The maximum absolute atomic E-state index is 11.7. The Morgan fingerprint density at radius 3 is 3.18 bits per heavy atom. The summed E-state index contributed by atoms with van der Waals surface area (Å²) in [6, 6.07) is 6.09. The number of nitrogens with zero attached hydrogens (tertiary/aromatic N) is 2. The van der Waals surface area contributed by atoms with Crippen molar-refractivity contribution >= 4 is 29.4 Å². The Bertz CT molecular complexity index is 566. The molecule has 0 spiro atoms. The number of benzene rings is 1. The van der Waals surface area contributed by atoms with E-state index in [1.807, 2.05) is 17.0 Å². The van der Waals surface area contributed by atoms with Crippen LogP contribution in [-0.2, 0) is 11.3 Å². The summed E-state index contributed by atoms with van der Waals surface area (Å²) in [5, 5.41) is 8.16. The third-order valence-electron chi connectivity index (χ3n) is 3.07. The highest BCUT2D eigenvalue weighted by molar-refractivity contribution is 7.81. The molecule has 2 heterocycles. The monoisotopic (exact) mass is 247 g/mol. The molecule has 1 saturated heterocycles. The molecule has 1 atom stereocenters. The molecule has 5 heteroatoms. The van der Waals surface area contributed by atoms with Crippen molar-refractivity contribution in [2.75, 3.05) is 6.54 Å². The summed E-state index contributed by atoms with van der Waals surface area (Å²) >= 11 is 4.35. The van der Waals surface area contributed by atoms with Crippen LogP contribution in [0.2, 0.25) is 0 Å². The lowest BCUT2D eigenvalue weighted by molar-refractivity contribution is -0.128. The van der Waals surface area contributed by atoms with E-state index in [9.17, 15) is 4.79 Å². The number of aromatic nitrogens is 2. The Morgan fingerprint density at radius 1 is 1.53 bits per heavy atom. The molecule has 1 aliphatic heterocycles. The van der Waals surface area contributed by atoms with E-state index in [0.29, 0.717) is 13.0 Å². The van der Waals surface area contributed by atoms with Crippen molar-refractivity contribution in [3.8, 4) is 0 Å². The summed E-state index contributed by atoms with van der Waals surface area (Å²) in [5.41, 5.74) is 2.16. The number of hydrogen-bond acceptors (Lipinski definition) is 3. The first-order chi connectivity index (χ1) is 8.22. The summed E-state index contributed by atoms with van der Waals surface area (Å²) in [7, 11) is 0. The quantitative estimate of drug-likeness (QED) is 0.792. The number of fused-ring (bicyclic) bond motifs is 1. The summed E-state index contributed by atoms with van der Waals surface area (Å²) in [5.74, 6) is 0.192. The average Bonchev–Trinajstić information content (AvgIpc) is 2.85. The minimum atomic E-state index is 0.181. The first-order valence-corrected chi connectivity index (χ1v) is 6.12. The van der Waals surface area contributed by atoms with Gasteiger partial charge in [0.15, 0.2) is 0 Å². The molecular weight excluding hydrogens is 234 g/mol. The van der Waals surface area contributed by atoms with Gasteiger partial charge in [-0.25, -0.2) is 0 Å². The third kappa shape index (κ3) is 2.02. The van der Waals surface area contributed by atoms with Gasteiger partial charge in [-0.3, -0.25) is 9.89 Å². The summed E-state index contributed by atoms with van der Waals surface area (Å²) < 4.78 is 0. The number of hydrogen-bond donors (Lipinski definition) is 2. The van der Waals surface area contributed by atoms with Crippen LogP contribution in [0.25, 0.3) is 10.9 Å². The fraction of sp³-hybridized carbons (Fsp3) is 0.333. The van der Waals surface area contributed by atoms with Gasteiger partial charge < -0.3 is 4.90 Å². The number of carbonyl (C=O) groups is 1. The topological polar surface area (TPSA) is 49.0 Å². The molecule has 1 amide bonds. The molecule has 1 aliphatic rings. The van der Waals surface area contributed by atoms with E-state index >= 15 is 0 Å². The van der Waals surface area contributed by atoms with Crippen LogP contribution in [0, 0.1) is 0 Å². The number of aromatic amines is 1. The maximum Gasteiger partial charge on any atom is 0.224 e. The zero-order chi connectivity index (χ0) is 11.8. The number of amides is 1. The number of rotatable bonds is 2. The van der Waals surface area contributed by atoms with Gasteiger partial charge in [0.2, 0.25) is 5.91 Å². The van der Waals surface area contributed by atoms with Gasteiger partial charge in [-0.05, 0) is 17.7 Å². The summed E-state index contributed by atoms with van der Waals surface area (Å²) in [6.45, 7) is 1.41. The zero-order valence-corrected chi connectivity index (χ0v) is 10.2. The van der Waals surface area contributed by atoms with E-state index in [1.54, 1.807) is 6.20 Å². The Morgan fingerprint density at radius 2 is 2.41 bits per heavy atom. The highest BCUT2D eigenvalue weighted by atomic mass is 32.1. The molecule has 1 N–H and O–H groups in total. The smallest absolute Gasteiger partial charge is 0.224 e. The minimum Gasteiger partial charge on any atom is -0.337 e. The SMILES string of the molecule is O=C1CC(S)CN1Cc1ccc2[nH]ncc2c1. The second kappa shape index (κ2) is 4.07. The molecule has 1 aromatic carbocycles. The predicted molar refractivity (Wildman–Crippen MR) is 68.9 cm³/mol. The van der Waals surface area contributed by atoms with Gasteiger partial charge in [-0.2, -0.15) is 17.7 Å². The second-order valence-electron chi connectivity index (χ2n) is 4.42. The maximum atomic E-state index is 11.7. The molecule has 88 valence electrons. The normalized spacial score (nSPS) is 20.4. The van der Waals surface area contributed by atoms with Crippen molar-refractivity contribution in [2.24, 2.45) is 0 Å². The molecule has 2 aromatic rings. The molecule has 1 aromatic heterocycles. The van der Waals surface area contributed by atoms with Gasteiger partial charge >= 0.3 is 0 Å². The van der Waals surface area contributed by atoms with E-state index in [0.717, 1.165) is 23.0 Å². The molecule has 0 aliphatic carbocycles. The lowest BCUT2D eigenvalue weighted by atomic mass is 10.1. The third-order valence-corrected chi connectivity index (χ3v) is 3.42. The standard InChI is InChI=1S/C12H13N3OS/c16-12-4-10(17)7-15(12)6-8-1-2-11-9(3-8)5-13-14-11/h1-3,5,10,17H,4,6-7H2,(H,13,14). The van der Waals surface area contributed by atoms with Crippen LogP contribution < -0.4 is 0 Å². The van der Waals surface area contributed by atoms with Crippen molar-refractivity contribution in [2.45, 2.75) is 18.2 Å². The van der Waals surface area contributed by atoms with Crippen molar-refractivity contribution < 1.29 is 4.79 Å². The fourth-order valence-electron chi connectivity index (χ4n) is 2.22. The van der Waals surface area contributed by atoms with Crippen LogP contribution in [0.3, 0.4) is 0 Å². The van der Waals surface area contributed by atoms with E-state index in [1.165, 1.54) is 0 Å². The van der Waals surface area contributed by atoms with Crippen molar-refractivity contribution in [1.82, 2.24) is 15.1 Å². The molecule has 4 nitrogen and oxygen atoms in total. The van der Waals surface area contributed by atoms with E-state index in [-0.39, 0.29) is 11.2 Å². The molecule has 0 radical (unpaired) electrons. The van der Waals surface area contributed by atoms with Crippen LogP contribution in [-0.4, -0.2) is 32.8 Å². The van der Waals surface area contributed by atoms with E-state index in [2.05, 4.69) is 28.9 Å².